The molecule has 3 aliphatic heterocycles. The maximum Gasteiger partial charge on any atom is 0.312 e. The summed E-state index contributed by atoms with van der Waals surface area (Å²) >= 11 is 12.1. The standard InChI is InChI=1S/C17H20Cl2O3/c18-14-7-6-13(8-15(14)19)17-20-9-16(10-21-17,11-22-17)12-4-2-1-3-5-12/h6-8,12H,1-5,9-11H2. The quantitative estimate of drug-likeness (QED) is 0.776. The molecule has 0 unspecified atom stereocenters. The van der Waals surface area contributed by atoms with Crippen molar-refractivity contribution in [3.63, 3.8) is 0 Å². The molecule has 5 rings (SSSR count). The van der Waals surface area contributed by atoms with Gasteiger partial charge in [0.15, 0.2) is 0 Å². The minimum Gasteiger partial charge on any atom is -0.323 e. The Morgan fingerprint density at radius 3 is 2.09 bits per heavy atom. The highest BCUT2D eigenvalue weighted by Crippen LogP contribution is 2.51. The first kappa shape index (κ1) is 15.2. The van der Waals surface area contributed by atoms with Crippen LogP contribution in [0.2, 0.25) is 10.0 Å². The Kier molecular flexibility index (Phi) is 3.90. The maximum absolute atomic E-state index is 6.12. The van der Waals surface area contributed by atoms with E-state index in [1.165, 1.54) is 32.1 Å². The Labute approximate surface area is 140 Å². The van der Waals surface area contributed by atoms with Gasteiger partial charge in [0.1, 0.15) is 0 Å². The van der Waals surface area contributed by atoms with Gasteiger partial charge in [0.05, 0.1) is 29.9 Å². The van der Waals surface area contributed by atoms with E-state index in [9.17, 15) is 0 Å². The van der Waals surface area contributed by atoms with Crippen molar-refractivity contribution in [3.8, 4) is 0 Å². The second-order valence-corrected chi connectivity index (χ2v) is 7.56. The smallest absolute Gasteiger partial charge is 0.312 e. The summed E-state index contributed by atoms with van der Waals surface area (Å²) in [5.41, 5.74) is 0.803. The zero-order chi connectivity index (χ0) is 15.2. The summed E-state index contributed by atoms with van der Waals surface area (Å²) in [6.07, 6.45) is 6.49. The number of benzene rings is 1. The minimum atomic E-state index is -1.11. The first-order valence-corrected chi connectivity index (χ1v) is 8.77. The number of ether oxygens (including phenoxy) is 3. The number of fused-ring (bicyclic) bond motifs is 3. The molecule has 0 atom stereocenters. The Bertz CT molecular complexity index is 544. The average molecular weight is 343 g/mol. The molecule has 0 spiro atoms. The fraction of sp³-hybridized carbons (Fsp3) is 0.647. The lowest BCUT2D eigenvalue weighted by Gasteiger charge is -2.55. The molecule has 3 nitrogen and oxygen atoms in total. The van der Waals surface area contributed by atoms with Crippen molar-refractivity contribution in [1.29, 1.82) is 0 Å². The molecule has 120 valence electrons. The van der Waals surface area contributed by atoms with Gasteiger partial charge < -0.3 is 14.2 Å². The lowest BCUT2D eigenvalue weighted by Crippen LogP contribution is -2.61. The molecular formula is C17H20Cl2O3. The van der Waals surface area contributed by atoms with E-state index in [1.807, 2.05) is 6.07 Å². The van der Waals surface area contributed by atoms with E-state index in [4.69, 9.17) is 37.4 Å². The van der Waals surface area contributed by atoms with Crippen LogP contribution in [0.3, 0.4) is 0 Å². The summed E-state index contributed by atoms with van der Waals surface area (Å²) in [6.45, 7) is 2.08. The van der Waals surface area contributed by atoms with Gasteiger partial charge in [-0.3, -0.25) is 0 Å². The fourth-order valence-electron chi connectivity index (χ4n) is 3.97. The zero-order valence-corrected chi connectivity index (χ0v) is 14.0. The first-order chi connectivity index (χ1) is 10.6. The molecule has 0 radical (unpaired) electrons. The normalized spacial score (nSPS) is 35.7. The molecule has 2 bridgehead atoms. The summed E-state index contributed by atoms with van der Waals surface area (Å²) in [5, 5.41) is 1.00. The molecular weight excluding hydrogens is 323 g/mol. The maximum atomic E-state index is 6.12. The van der Waals surface area contributed by atoms with Crippen molar-refractivity contribution in [2.24, 2.45) is 11.3 Å². The highest BCUT2D eigenvalue weighted by atomic mass is 35.5. The first-order valence-electron chi connectivity index (χ1n) is 8.01. The Hall–Kier alpha value is -0.320. The largest absolute Gasteiger partial charge is 0.323 e. The van der Waals surface area contributed by atoms with E-state index in [0.717, 1.165) is 5.56 Å². The van der Waals surface area contributed by atoms with Crippen LogP contribution in [0.1, 0.15) is 37.7 Å². The predicted octanol–water partition coefficient (Wildman–Crippen LogP) is 4.75. The van der Waals surface area contributed by atoms with Gasteiger partial charge >= 0.3 is 5.97 Å². The number of halogens is 2. The van der Waals surface area contributed by atoms with Crippen LogP contribution in [-0.4, -0.2) is 19.8 Å². The predicted molar refractivity (Wildman–Crippen MR) is 85.0 cm³/mol. The minimum absolute atomic E-state index is 0.0262. The van der Waals surface area contributed by atoms with Crippen LogP contribution in [0.25, 0.3) is 0 Å². The lowest BCUT2D eigenvalue weighted by atomic mass is 9.69. The molecule has 0 amide bonds. The third-order valence-corrected chi connectivity index (χ3v) is 6.13. The summed E-state index contributed by atoms with van der Waals surface area (Å²) in [5.74, 6) is -0.460. The van der Waals surface area contributed by atoms with Crippen molar-refractivity contribution in [3.05, 3.63) is 33.8 Å². The van der Waals surface area contributed by atoms with Gasteiger partial charge in [-0.1, -0.05) is 42.5 Å². The molecule has 5 heteroatoms. The summed E-state index contributed by atoms with van der Waals surface area (Å²) in [6, 6.07) is 5.37. The van der Waals surface area contributed by atoms with E-state index in [0.29, 0.717) is 35.8 Å². The monoisotopic (exact) mass is 342 g/mol. The average Bonchev–Trinajstić information content (AvgIpc) is 2.60. The van der Waals surface area contributed by atoms with Crippen LogP contribution >= 0.6 is 23.2 Å². The van der Waals surface area contributed by atoms with Gasteiger partial charge in [-0.05, 0) is 37.0 Å². The van der Waals surface area contributed by atoms with Crippen LogP contribution in [-0.2, 0) is 20.2 Å². The molecule has 22 heavy (non-hydrogen) atoms. The summed E-state index contributed by atoms with van der Waals surface area (Å²) < 4.78 is 18.2. The van der Waals surface area contributed by atoms with Crippen molar-refractivity contribution in [2.75, 3.05) is 19.8 Å². The third-order valence-electron chi connectivity index (χ3n) is 5.39. The molecule has 1 aromatic carbocycles. The van der Waals surface area contributed by atoms with Crippen LogP contribution < -0.4 is 0 Å². The van der Waals surface area contributed by atoms with Crippen LogP contribution in [0.15, 0.2) is 18.2 Å². The van der Waals surface area contributed by atoms with Crippen molar-refractivity contribution >= 4 is 23.2 Å². The van der Waals surface area contributed by atoms with Crippen molar-refractivity contribution < 1.29 is 14.2 Å². The van der Waals surface area contributed by atoms with E-state index in [2.05, 4.69) is 0 Å². The van der Waals surface area contributed by atoms with Gasteiger partial charge in [0, 0.05) is 11.0 Å². The zero-order valence-electron chi connectivity index (χ0n) is 12.4. The summed E-state index contributed by atoms with van der Waals surface area (Å²) in [7, 11) is 0. The lowest BCUT2D eigenvalue weighted by molar-refractivity contribution is -0.486. The number of hydrogen-bond acceptors (Lipinski definition) is 3. The van der Waals surface area contributed by atoms with E-state index in [1.54, 1.807) is 12.1 Å². The highest BCUT2D eigenvalue weighted by Gasteiger charge is 2.56. The summed E-state index contributed by atoms with van der Waals surface area (Å²) in [4.78, 5) is 0. The SMILES string of the molecule is Clc1ccc(C23OCC(C4CCCCC4)(CO2)CO3)cc1Cl. The second-order valence-electron chi connectivity index (χ2n) is 6.75. The van der Waals surface area contributed by atoms with Crippen molar-refractivity contribution in [1.82, 2.24) is 0 Å². The third kappa shape index (κ3) is 2.38. The molecule has 4 fully saturated rings. The van der Waals surface area contributed by atoms with E-state index < -0.39 is 5.97 Å². The Morgan fingerprint density at radius 1 is 0.864 bits per heavy atom. The van der Waals surface area contributed by atoms with Gasteiger partial charge in [-0.15, -0.1) is 0 Å². The van der Waals surface area contributed by atoms with Gasteiger partial charge in [-0.2, -0.15) is 0 Å². The van der Waals surface area contributed by atoms with Gasteiger partial charge in [-0.25, -0.2) is 0 Å². The van der Waals surface area contributed by atoms with Crippen LogP contribution in [0, 0.1) is 11.3 Å². The van der Waals surface area contributed by atoms with E-state index in [-0.39, 0.29) is 5.41 Å². The molecule has 3 heterocycles. The van der Waals surface area contributed by atoms with Gasteiger partial charge in [0.25, 0.3) is 0 Å². The molecule has 0 aromatic heterocycles. The molecule has 0 N–H and O–H groups in total. The molecule has 1 saturated carbocycles. The fourth-order valence-corrected chi connectivity index (χ4v) is 4.27. The Balaban J connectivity index is 1.55. The molecule has 1 aliphatic carbocycles. The highest BCUT2D eigenvalue weighted by molar-refractivity contribution is 6.42. The second kappa shape index (κ2) is 5.64. The molecule has 3 saturated heterocycles. The van der Waals surface area contributed by atoms with Crippen molar-refractivity contribution in [2.45, 2.75) is 38.1 Å². The Morgan fingerprint density at radius 2 is 1.50 bits per heavy atom. The van der Waals surface area contributed by atoms with Crippen LogP contribution in [0.5, 0.6) is 0 Å². The number of rotatable bonds is 2. The topological polar surface area (TPSA) is 27.7 Å². The molecule has 4 aliphatic rings. The van der Waals surface area contributed by atoms with Crippen LogP contribution in [0.4, 0.5) is 0 Å². The molecule has 1 aromatic rings. The van der Waals surface area contributed by atoms with E-state index >= 15 is 0 Å². The number of hydrogen-bond donors (Lipinski definition) is 0. The van der Waals surface area contributed by atoms with Gasteiger partial charge in [0.2, 0.25) is 0 Å².